The Morgan fingerprint density at radius 1 is 0.314 bits per heavy atom. The molecule has 0 aromatic heterocycles. The van der Waals surface area contributed by atoms with E-state index in [0.29, 0.717) is 0 Å². The standard InChI is InChI=1S/C24H51N.C8H20N2/c1-4-7-10-13-16-19-22-25(23-20-17-14-11-8-5-2)24-21-18-15-12-9-6-3;9-7-5-3-1-2-4-6-8-10/h4-24H2,1-3H3;1-10H2. The van der Waals surface area contributed by atoms with E-state index in [-0.39, 0.29) is 0 Å². The maximum Gasteiger partial charge on any atom is -0.00187 e. The molecule has 35 heavy (non-hydrogen) atoms. The monoisotopic (exact) mass is 498 g/mol. The van der Waals surface area contributed by atoms with Crippen molar-refractivity contribution in [3.8, 4) is 0 Å². The molecule has 0 rings (SSSR count). The maximum atomic E-state index is 5.35. The summed E-state index contributed by atoms with van der Waals surface area (Å²) in [5.41, 5.74) is 10.7. The largest absolute Gasteiger partial charge is 0.330 e. The predicted octanol–water partition coefficient (Wildman–Crippen LogP) is 9.61. The van der Waals surface area contributed by atoms with Crippen LogP contribution in [-0.2, 0) is 0 Å². The van der Waals surface area contributed by atoms with E-state index in [1.807, 2.05) is 0 Å². The van der Waals surface area contributed by atoms with Gasteiger partial charge in [0.05, 0.1) is 0 Å². The zero-order valence-electron chi connectivity index (χ0n) is 25.1. The van der Waals surface area contributed by atoms with Crippen molar-refractivity contribution in [1.82, 2.24) is 4.90 Å². The van der Waals surface area contributed by atoms with Gasteiger partial charge in [0.2, 0.25) is 0 Å². The third-order valence-corrected chi connectivity index (χ3v) is 7.14. The second-order valence-electron chi connectivity index (χ2n) is 10.8. The van der Waals surface area contributed by atoms with Crippen LogP contribution in [0.1, 0.15) is 175 Å². The normalized spacial score (nSPS) is 11.1. The number of rotatable bonds is 28. The Hall–Kier alpha value is -0.120. The molecule has 0 aliphatic heterocycles. The predicted molar refractivity (Wildman–Crippen MR) is 162 cm³/mol. The zero-order chi connectivity index (χ0) is 26.1. The van der Waals surface area contributed by atoms with Crippen LogP contribution in [0.2, 0.25) is 0 Å². The fourth-order valence-corrected chi connectivity index (χ4v) is 4.68. The number of nitrogens with zero attached hydrogens (tertiary/aromatic N) is 1. The Morgan fingerprint density at radius 3 is 0.800 bits per heavy atom. The molecule has 0 spiro atoms. The zero-order valence-corrected chi connectivity index (χ0v) is 25.1. The highest BCUT2D eigenvalue weighted by Gasteiger charge is 2.05. The summed E-state index contributed by atoms with van der Waals surface area (Å²) in [6.07, 6.45) is 33.3. The van der Waals surface area contributed by atoms with Crippen LogP contribution in [0.3, 0.4) is 0 Å². The van der Waals surface area contributed by atoms with E-state index in [2.05, 4.69) is 25.7 Å². The first-order valence-corrected chi connectivity index (χ1v) is 16.4. The minimum Gasteiger partial charge on any atom is -0.330 e. The van der Waals surface area contributed by atoms with Crippen molar-refractivity contribution in [3.05, 3.63) is 0 Å². The van der Waals surface area contributed by atoms with Crippen LogP contribution in [0.25, 0.3) is 0 Å². The number of unbranched alkanes of at least 4 members (excludes halogenated alkanes) is 20. The first kappa shape index (κ1) is 37.0. The average molecular weight is 498 g/mol. The van der Waals surface area contributed by atoms with Crippen LogP contribution < -0.4 is 11.5 Å². The highest BCUT2D eigenvalue weighted by molar-refractivity contribution is 4.60. The van der Waals surface area contributed by atoms with Crippen LogP contribution in [0, 0.1) is 0 Å². The Bertz CT molecular complexity index is 289. The van der Waals surface area contributed by atoms with Crippen LogP contribution in [0.15, 0.2) is 0 Å². The van der Waals surface area contributed by atoms with Crippen LogP contribution in [0.5, 0.6) is 0 Å². The molecule has 0 bridgehead atoms. The summed E-state index contributed by atoms with van der Waals surface area (Å²) in [6.45, 7) is 12.7. The molecular weight excluding hydrogens is 426 g/mol. The van der Waals surface area contributed by atoms with E-state index in [1.54, 1.807) is 0 Å². The SMILES string of the molecule is CCCCCCCCN(CCCCCCCC)CCCCCCCC.NCCCCCCCCN. The van der Waals surface area contributed by atoms with E-state index in [0.717, 1.165) is 13.1 Å². The lowest BCUT2D eigenvalue weighted by Gasteiger charge is -2.22. The van der Waals surface area contributed by atoms with Gasteiger partial charge in [-0.25, -0.2) is 0 Å². The van der Waals surface area contributed by atoms with Crippen molar-refractivity contribution in [2.24, 2.45) is 11.5 Å². The second-order valence-corrected chi connectivity index (χ2v) is 10.8. The third kappa shape index (κ3) is 36.1. The van der Waals surface area contributed by atoms with Crippen molar-refractivity contribution in [3.63, 3.8) is 0 Å². The van der Waals surface area contributed by atoms with E-state index in [9.17, 15) is 0 Å². The van der Waals surface area contributed by atoms with Gasteiger partial charge in [-0.3, -0.25) is 0 Å². The first-order valence-electron chi connectivity index (χ1n) is 16.4. The van der Waals surface area contributed by atoms with Crippen molar-refractivity contribution in [2.45, 2.75) is 175 Å². The molecule has 0 aromatic rings. The van der Waals surface area contributed by atoms with E-state index in [4.69, 9.17) is 11.5 Å². The van der Waals surface area contributed by atoms with Crippen molar-refractivity contribution in [2.75, 3.05) is 32.7 Å². The molecule has 3 nitrogen and oxygen atoms in total. The topological polar surface area (TPSA) is 55.3 Å². The molecule has 0 fully saturated rings. The quantitative estimate of drug-likeness (QED) is 0.106. The Labute approximate surface area is 223 Å². The molecule has 0 amide bonds. The van der Waals surface area contributed by atoms with E-state index < -0.39 is 0 Å². The summed E-state index contributed by atoms with van der Waals surface area (Å²) in [5.74, 6) is 0. The van der Waals surface area contributed by atoms with Gasteiger partial charge in [0, 0.05) is 0 Å². The van der Waals surface area contributed by atoms with Gasteiger partial charge in [0.1, 0.15) is 0 Å². The van der Waals surface area contributed by atoms with Crippen molar-refractivity contribution in [1.29, 1.82) is 0 Å². The first-order chi connectivity index (χ1) is 17.3. The number of hydrogen-bond acceptors (Lipinski definition) is 3. The smallest absolute Gasteiger partial charge is 0.00187 e. The number of nitrogens with two attached hydrogens (primary N) is 2. The van der Waals surface area contributed by atoms with Crippen molar-refractivity contribution < 1.29 is 0 Å². The summed E-state index contributed by atoms with van der Waals surface area (Å²) in [7, 11) is 0. The van der Waals surface area contributed by atoms with Crippen LogP contribution >= 0.6 is 0 Å². The van der Waals surface area contributed by atoms with E-state index >= 15 is 0 Å². The molecule has 214 valence electrons. The molecule has 0 aliphatic carbocycles. The van der Waals surface area contributed by atoms with Gasteiger partial charge in [-0.2, -0.15) is 0 Å². The summed E-state index contributed by atoms with van der Waals surface area (Å²) >= 11 is 0. The number of hydrogen-bond donors (Lipinski definition) is 2. The highest BCUT2D eigenvalue weighted by Crippen LogP contribution is 2.11. The fourth-order valence-electron chi connectivity index (χ4n) is 4.68. The molecule has 0 heterocycles. The van der Waals surface area contributed by atoms with Gasteiger partial charge in [-0.05, 0) is 64.8 Å². The molecule has 0 aromatic carbocycles. The Balaban J connectivity index is 0. The summed E-state index contributed by atoms with van der Waals surface area (Å²) < 4.78 is 0. The lowest BCUT2D eigenvalue weighted by atomic mass is 10.1. The van der Waals surface area contributed by atoms with Gasteiger partial charge >= 0.3 is 0 Å². The summed E-state index contributed by atoms with van der Waals surface area (Å²) in [4.78, 5) is 2.79. The summed E-state index contributed by atoms with van der Waals surface area (Å²) in [5, 5.41) is 0. The summed E-state index contributed by atoms with van der Waals surface area (Å²) in [6, 6.07) is 0. The minimum absolute atomic E-state index is 0.844. The molecule has 0 atom stereocenters. The molecule has 0 saturated heterocycles. The highest BCUT2D eigenvalue weighted by atomic mass is 15.1. The van der Waals surface area contributed by atoms with Crippen LogP contribution in [-0.4, -0.2) is 37.6 Å². The lowest BCUT2D eigenvalue weighted by molar-refractivity contribution is 0.254. The van der Waals surface area contributed by atoms with Crippen molar-refractivity contribution >= 4 is 0 Å². The molecule has 0 unspecified atom stereocenters. The average Bonchev–Trinajstić information content (AvgIpc) is 2.87. The van der Waals surface area contributed by atoms with Gasteiger partial charge < -0.3 is 16.4 Å². The molecule has 3 heteroatoms. The van der Waals surface area contributed by atoms with Gasteiger partial charge in [-0.15, -0.1) is 0 Å². The van der Waals surface area contributed by atoms with E-state index in [1.165, 1.54) is 174 Å². The molecule has 0 radical (unpaired) electrons. The van der Waals surface area contributed by atoms with Gasteiger partial charge in [0.25, 0.3) is 0 Å². The molecule has 0 aliphatic rings. The molecular formula is C32H71N3. The molecule has 4 N–H and O–H groups in total. The Kier molecular flexibility index (Phi) is 38.1. The van der Waals surface area contributed by atoms with Gasteiger partial charge in [-0.1, -0.05) is 143 Å². The fraction of sp³-hybridized carbons (Fsp3) is 1.00. The molecule has 0 saturated carbocycles. The minimum atomic E-state index is 0.844. The maximum absolute atomic E-state index is 5.35. The Morgan fingerprint density at radius 2 is 0.543 bits per heavy atom. The second kappa shape index (κ2) is 36.0. The lowest BCUT2D eigenvalue weighted by Crippen LogP contribution is -2.27. The van der Waals surface area contributed by atoms with Gasteiger partial charge in [0.15, 0.2) is 0 Å². The van der Waals surface area contributed by atoms with Crippen LogP contribution in [0.4, 0.5) is 0 Å². The third-order valence-electron chi connectivity index (χ3n) is 7.14.